The molecular formula is C15H23NO2. The Morgan fingerprint density at radius 2 is 2.06 bits per heavy atom. The molecule has 1 aliphatic rings. The maximum Gasteiger partial charge on any atom is 0.119 e. The number of likely N-dealkylation sites (N-methyl/N-ethyl adjacent to an activating group) is 1. The van der Waals surface area contributed by atoms with E-state index in [4.69, 9.17) is 4.74 Å². The molecule has 1 fully saturated rings. The van der Waals surface area contributed by atoms with Crippen molar-refractivity contribution in [1.82, 2.24) is 4.90 Å². The predicted molar refractivity (Wildman–Crippen MR) is 72.8 cm³/mol. The first-order valence-electron chi connectivity index (χ1n) is 6.71. The van der Waals surface area contributed by atoms with Crippen LogP contribution in [-0.2, 0) is 5.60 Å². The second kappa shape index (κ2) is 5.29. The smallest absolute Gasteiger partial charge is 0.119 e. The summed E-state index contributed by atoms with van der Waals surface area (Å²) in [5, 5.41) is 10.7. The average Bonchev–Trinajstić information content (AvgIpc) is 2.62. The molecule has 0 aliphatic carbocycles. The molecule has 2 rings (SSSR count). The van der Waals surface area contributed by atoms with E-state index in [0.717, 1.165) is 30.8 Å². The molecule has 1 heterocycles. The average molecular weight is 249 g/mol. The molecule has 0 amide bonds. The van der Waals surface area contributed by atoms with Gasteiger partial charge in [0.2, 0.25) is 0 Å². The molecule has 0 aromatic heterocycles. The van der Waals surface area contributed by atoms with Gasteiger partial charge in [0.1, 0.15) is 11.4 Å². The number of likely N-dealkylation sites (tertiary alicyclic amines) is 1. The minimum Gasteiger partial charge on any atom is -0.494 e. The standard InChI is InChI=1S/C15H23NO2/c1-4-9-18-14-7-5-13(6-8-14)15(17)10-12(2)16(3)11-15/h5-8,12,17H,4,9-11H2,1-3H3. The summed E-state index contributed by atoms with van der Waals surface area (Å²) < 4.78 is 5.56. The van der Waals surface area contributed by atoms with Gasteiger partial charge in [-0.25, -0.2) is 0 Å². The minimum atomic E-state index is -0.711. The third-order valence-electron chi connectivity index (χ3n) is 3.76. The Balaban J connectivity index is 2.10. The lowest BCUT2D eigenvalue weighted by atomic mass is 9.91. The summed E-state index contributed by atoms with van der Waals surface area (Å²) in [7, 11) is 2.06. The van der Waals surface area contributed by atoms with Gasteiger partial charge >= 0.3 is 0 Å². The van der Waals surface area contributed by atoms with Crippen molar-refractivity contribution >= 4 is 0 Å². The van der Waals surface area contributed by atoms with Gasteiger partial charge in [-0.15, -0.1) is 0 Å². The van der Waals surface area contributed by atoms with Crippen LogP contribution in [0.25, 0.3) is 0 Å². The van der Waals surface area contributed by atoms with Crippen LogP contribution in [-0.4, -0.2) is 36.2 Å². The van der Waals surface area contributed by atoms with Crippen LogP contribution in [0.5, 0.6) is 5.75 Å². The Labute approximate surface area is 109 Å². The molecule has 1 saturated heterocycles. The lowest BCUT2D eigenvalue weighted by Gasteiger charge is -2.23. The Kier molecular flexibility index (Phi) is 3.93. The van der Waals surface area contributed by atoms with Gasteiger partial charge in [-0.05, 0) is 44.5 Å². The van der Waals surface area contributed by atoms with Crippen LogP contribution in [0.1, 0.15) is 32.3 Å². The Morgan fingerprint density at radius 1 is 1.39 bits per heavy atom. The fourth-order valence-corrected chi connectivity index (χ4v) is 2.57. The zero-order valence-corrected chi connectivity index (χ0v) is 11.5. The van der Waals surface area contributed by atoms with Crippen LogP contribution in [0.2, 0.25) is 0 Å². The van der Waals surface area contributed by atoms with Crippen LogP contribution in [0.3, 0.4) is 0 Å². The fraction of sp³-hybridized carbons (Fsp3) is 0.600. The van der Waals surface area contributed by atoms with Crippen LogP contribution in [0.4, 0.5) is 0 Å². The Bertz CT molecular complexity index is 378. The highest BCUT2D eigenvalue weighted by Gasteiger charge is 2.40. The summed E-state index contributed by atoms with van der Waals surface area (Å²) in [6.45, 7) is 5.68. The molecule has 2 unspecified atom stereocenters. The first-order chi connectivity index (χ1) is 8.55. The largest absolute Gasteiger partial charge is 0.494 e. The fourth-order valence-electron chi connectivity index (χ4n) is 2.57. The van der Waals surface area contributed by atoms with E-state index in [2.05, 4.69) is 25.8 Å². The summed E-state index contributed by atoms with van der Waals surface area (Å²) in [6.07, 6.45) is 1.80. The first-order valence-corrected chi connectivity index (χ1v) is 6.71. The molecule has 1 aromatic carbocycles. The Hall–Kier alpha value is -1.06. The number of nitrogens with zero attached hydrogens (tertiary/aromatic N) is 1. The number of ether oxygens (including phenoxy) is 1. The molecule has 2 atom stereocenters. The van der Waals surface area contributed by atoms with Crippen molar-refractivity contribution in [3.63, 3.8) is 0 Å². The molecule has 1 aliphatic heterocycles. The van der Waals surface area contributed by atoms with Crippen molar-refractivity contribution in [2.75, 3.05) is 20.2 Å². The van der Waals surface area contributed by atoms with Crippen LogP contribution >= 0.6 is 0 Å². The quantitative estimate of drug-likeness (QED) is 0.889. The number of β-amino-alcohol motifs (C(OH)–C–C–N with tert-alkyl or cyclic N) is 1. The van der Waals surface area contributed by atoms with E-state index < -0.39 is 5.60 Å². The predicted octanol–water partition coefficient (Wildman–Crippen LogP) is 2.39. The summed E-state index contributed by atoms with van der Waals surface area (Å²) in [5.74, 6) is 0.878. The highest BCUT2D eigenvalue weighted by molar-refractivity contribution is 5.32. The maximum atomic E-state index is 10.7. The lowest BCUT2D eigenvalue weighted by Crippen LogP contribution is -2.29. The van der Waals surface area contributed by atoms with Gasteiger partial charge in [0, 0.05) is 12.6 Å². The second-order valence-corrected chi connectivity index (χ2v) is 5.37. The molecule has 1 aromatic rings. The summed E-state index contributed by atoms with van der Waals surface area (Å²) >= 11 is 0. The van der Waals surface area contributed by atoms with E-state index in [1.165, 1.54) is 0 Å². The van der Waals surface area contributed by atoms with Crippen molar-refractivity contribution in [2.45, 2.75) is 38.3 Å². The lowest BCUT2D eigenvalue weighted by molar-refractivity contribution is 0.0485. The maximum absolute atomic E-state index is 10.7. The van der Waals surface area contributed by atoms with E-state index in [9.17, 15) is 5.11 Å². The minimum absolute atomic E-state index is 0.422. The molecule has 3 nitrogen and oxygen atoms in total. The SMILES string of the molecule is CCCOc1ccc(C2(O)CC(C)N(C)C2)cc1. The van der Waals surface area contributed by atoms with Crippen LogP contribution in [0.15, 0.2) is 24.3 Å². The van der Waals surface area contributed by atoms with Crippen molar-refractivity contribution in [3.05, 3.63) is 29.8 Å². The van der Waals surface area contributed by atoms with Gasteiger partial charge in [-0.2, -0.15) is 0 Å². The monoisotopic (exact) mass is 249 g/mol. The number of rotatable bonds is 4. The van der Waals surface area contributed by atoms with Gasteiger partial charge in [0.05, 0.1) is 6.61 Å². The molecule has 0 bridgehead atoms. The van der Waals surface area contributed by atoms with E-state index in [0.29, 0.717) is 12.6 Å². The second-order valence-electron chi connectivity index (χ2n) is 5.37. The van der Waals surface area contributed by atoms with E-state index in [1.54, 1.807) is 0 Å². The molecule has 0 radical (unpaired) electrons. The van der Waals surface area contributed by atoms with Gasteiger partial charge in [-0.1, -0.05) is 19.1 Å². The normalized spacial score (nSPS) is 28.6. The summed E-state index contributed by atoms with van der Waals surface area (Å²) in [4.78, 5) is 2.20. The molecule has 0 saturated carbocycles. The van der Waals surface area contributed by atoms with Crippen LogP contribution in [0, 0.1) is 0 Å². The van der Waals surface area contributed by atoms with Gasteiger partial charge in [-0.3, -0.25) is 0 Å². The van der Waals surface area contributed by atoms with Crippen molar-refractivity contribution in [2.24, 2.45) is 0 Å². The molecule has 1 N–H and O–H groups in total. The van der Waals surface area contributed by atoms with E-state index >= 15 is 0 Å². The highest BCUT2D eigenvalue weighted by atomic mass is 16.5. The number of hydrogen-bond acceptors (Lipinski definition) is 3. The number of hydrogen-bond donors (Lipinski definition) is 1. The van der Waals surface area contributed by atoms with Gasteiger partial charge < -0.3 is 14.7 Å². The van der Waals surface area contributed by atoms with Gasteiger partial charge in [0.25, 0.3) is 0 Å². The highest BCUT2D eigenvalue weighted by Crippen LogP contribution is 2.35. The summed E-state index contributed by atoms with van der Waals surface area (Å²) in [6, 6.07) is 8.29. The van der Waals surface area contributed by atoms with E-state index in [1.807, 2.05) is 24.3 Å². The third-order valence-corrected chi connectivity index (χ3v) is 3.76. The first kappa shape index (κ1) is 13.4. The van der Waals surface area contributed by atoms with E-state index in [-0.39, 0.29) is 0 Å². The molecule has 100 valence electrons. The molecule has 0 spiro atoms. The Morgan fingerprint density at radius 3 is 2.56 bits per heavy atom. The van der Waals surface area contributed by atoms with Gasteiger partial charge in [0.15, 0.2) is 0 Å². The summed E-state index contributed by atoms with van der Waals surface area (Å²) in [5.41, 5.74) is 0.278. The number of aliphatic hydroxyl groups is 1. The molecule has 18 heavy (non-hydrogen) atoms. The van der Waals surface area contributed by atoms with Crippen molar-refractivity contribution < 1.29 is 9.84 Å². The zero-order valence-electron chi connectivity index (χ0n) is 11.5. The van der Waals surface area contributed by atoms with Crippen molar-refractivity contribution in [1.29, 1.82) is 0 Å². The van der Waals surface area contributed by atoms with Crippen molar-refractivity contribution in [3.8, 4) is 5.75 Å². The van der Waals surface area contributed by atoms with Crippen LogP contribution < -0.4 is 4.74 Å². The molecule has 3 heteroatoms. The molecular weight excluding hydrogens is 226 g/mol. The number of benzene rings is 1. The topological polar surface area (TPSA) is 32.7 Å². The zero-order chi connectivity index (χ0) is 13.2. The third kappa shape index (κ3) is 2.68.